The van der Waals surface area contributed by atoms with E-state index in [4.69, 9.17) is 9.26 Å². The van der Waals surface area contributed by atoms with Gasteiger partial charge >= 0.3 is 0 Å². The predicted octanol–water partition coefficient (Wildman–Crippen LogP) is 4.22. The number of aryl methyl sites for hydroxylation is 2. The molecule has 0 N–H and O–H groups in total. The molecule has 4 rings (SSSR count). The van der Waals surface area contributed by atoms with E-state index in [0.717, 1.165) is 24.8 Å². The smallest absolute Gasteiger partial charge is 0.248 e. The van der Waals surface area contributed by atoms with Crippen molar-refractivity contribution < 1.29 is 17.7 Å². The summed E-state index contributed by atoms with van der Waals surface area (Å²) in [6, 6.07) is 9.84. The fourth-order valence-electron chi connectivity index (χ4n) is 5.06. The van der Waals surface area contributed by atoms with Crippen LogP contribution in [0.4, 0.5) is 0 Å². The van der Waals surface area contributed by atoms with Crippen LogP contribution >= 0.6 is 0 Å². The van der Waals surface area contributed by atoms with Gasteiger partial charge in [0.05, 0.1) is 13.2 Å². The van der Waals surface area contributed by atoms with Crippen molar-refractivity contribution in [2.45, 2.75) is 69.9 Å². The monoisotopic (exact) mass is 418 g/mol. The van der Waals surface area contributed by atoms with Gasteiger partial charge in [0, 0.05) is 12.6 Å². The maximum Gasteiger partial charge on any atom is 0.248 e. The van der Waals surface area contributed by atoms with Gasteiger partial charge < -0.3 is 9.26 Å². The van der Waals surface area contributed by atoms with Crippen LogP contribution in [0.25, 0.3) is 0 Å². The molecule has 1 aromatic carbocycles. The molecule has 29 heavy (non-hydrogen) atoms. The van der Waals surface area contributed by atoms with E-state index in [9.17, 15) is 8.42 Å². The summed E-state index contributed by atoms with van der Waals surface area (Å²) in [6.45, 7) is 4.82. The molecule has 158 valence electrons. The van der Waals surface area contributed by atoms with Gasteiger partial charge in [-0.15, -0.1) is 0 Å². The molecular weight excluding hydrogens is 388 g/mol. The van der Waals surface area contributed by atoms with Gasteiger partial charge in [0.2, 0.25) is 10.0 Å². The molecule has 0 radical (unpaired) electrons. The summed E-state index contributed by atoms with van der Waals surface area (Å²) < 4.78 is 40.0. The van der Waals surface area contributed by atoms with Crippen LogP contribution in [-0.2, 0) is 21.4 Å². The van der Waals surface area contributed by atoms with Gasteiger partial charge in [-0.1, -0.05) is 54.8 Å². The quantitative estimate of drug-likeness (QED) is 0.702. The molecule has 1 aromatic heterocycles. The van der Waals surface area contributed by atoms with Crippen LogP contribution in [0.3, 0.4) is 0 Å². The second-order valence-electron chi connectivity index (χ2n) is 8.62. The van der Waals surface area contributed by atoms with Crippen LogP contribution in [0, 0.1) is 19.3 Å². The minimum atomic E-state index is -3.68. The summed E-state index contributed by atoms with van der Waals surface area (Å²) in [5, 5.41) is 3.87. The first-order valence-electron chi connectivity index (χ1n) is 10.5. The standard InChI is InChI=1S/C22H30N2O4S/c1-17-21(18(2)28-23-17)29(25,26)24-16-22(11-7-4-8-12-22)13-20(24)15-27-14-19-9-5-3-6-10-19/h3,5-6,9-10,20H,4,7-8,11-16H2,1-2H3. The number of sulfonamides is 1. The average Bonchev–Trinajstić information content (AvgIpc) is 3.24. The van der Waals surface area contributed by atoms with Gasteiger partial charge in [0.25, 0.3) is 0 Å². The van der Waals surface area contributed by atoms with E-state index in [1.165, 1.54) is 19.3 Å². The van der Waals surface area contributed by atoms with E-state index in [1.54, 1.807) is 18.2 Å². The first-order valence-corrected chi connectivity index (χ1v) is 11.9. The van der Waals surface area contributed by atoms with E-state index < -0.39 is 10.0 Å². The number of hydrogen-bond acceptors (Lipinski definition) is 5. The number of aromatic nitrogens is 1. The van der Waals surface area contributed by atoms with Gasteiger partial charge in [0.1, 0.15) is 10.6 Å². The lowest BCUT2D eigenvalue weighted by molar-refractivity contribution is 0.0854. The van der Waals surface area contributed by atoms with Gasteiger partial charge in [-0.05, 0) is 44.1 Å². The minimum absolute atomic E-state index is 0.0745. The van der Waals surface area contributed by atoms with Gasteiger partial charge in [-0.2, -0.15) is 4.31 Å². The van der Waals surface area contributed by atoms with Crippen molar-refractivity contribution in [2.24, 2.45) is 5.41 Å². The first-order chi connectivity index (χ1) is 13.9. The zero-order chi connectivity index (χ0) is 20.5. The average molecular weight is 419 g/mol. The van der Waals surface area contributed by atoms with Crippen molar-refractivity contribution in [3.63, 3.8) is 0 Å². The summed E-state index contributed by atoms with van der Waals surface area (Å²) >= 11 is 0. The Morgan fingerprint density at radius 1 is 1.17 bits per heavy atom. The van der Waals surface area contributed by atoms with Gasteiger partial charge in [-0.3, -0.25) is 0 Å². The third-order valence-electron chi connectivity index (χ3n) is 6.44. The molecule has 1 saturated heterocycles. The predicted molar refractivity (Wildman–Crippen MR) is 110 cm³/mol. The third-order valence-corrected chi connectivity index (χ3v) is 8.58. The maximum atomic E-state index is 13.6. The molecule has 1 unspecified atom stereocenters. The maximum absolute atomic E-state index is 13.6. The highest BCUT2D eigenvalue weighted by Gasteiger charge is 2.50. The Morgan fingerprint density at radius 3 is 2.55 bits per heavy atom. The Labute approximate surface area is 173 Å². The molecule has 0 amide bonds. The highest BCUT2D eigenvalue weighted by atomic mass is 32.2. The zero-order valence-corrected chi connectivity index (χ0v) is 18.1. The highest BCUT2D eigenvalue weighted by Crippen LogP contribution is 2.48. The first kappa shape index (κ1) is 20.6. The normalized spacial score (nSPS) is 22.3. The second-order valence-corrected chi connectivity index (χ2v) is 10.5. The molecule has 6 nitrogen and oxygen atoms in total. The summed E-state index contributed by atoms with van der Waals surface area (Å²) in [7, 11) is -3.68. The van der Waals surface area contributed by atoms with E-state index >= 15 is 0 Å². The molecule has 2 aromatic rings. The minimum Gasteiger partial charge on any atom is -0.375 e. The third kappa shape index (κ3) is 4.13. The molecule has 2 heterocycles. The van der Waals surface area contributed by atoms with E-state index in [2.05, 4.69) is 5.16 Å². The van der Waals surface area contributed by atoms with E-state index in [-0.39, 0.29) is 16.4 Å². The number of nitrogens with zero attached hydrogens (tertiary/aromatic N) is 2. The highest BCUT2D eigenvalue weighted by molar-refractivity contribution is 7.89. The number of rotatable bonds is 6. The van der Waals surface area contributed by atoms with Crippen molar-refractivity contribution in [2.75, 3.05) is 13.2 Å². The van der Waals surface area contributed by atoms with Crippen LogP contribution in [0.5, 0.6) is 0 Å². The Balaban J connectivity index is 1.56. The lowest BCUT2D eigenvalue weighted by Gasteiger charge is -2.33. The molecular formula is C22H30N2O4S. The van der Waals surface area contributed by atoms with Crippen LogP contribution in [0.1, 0.15) is 55.5 Å². The Hall–Kier alpha value is -1.70. The summed E-state index contributed by atoms with van der Waals surface area (Å²) in [4.78, 5) is 0.221. The molecule has 1 atom stereocenters. The molecule has 1 aliphatic heterocycles. The van der Waals surface area contributed by atoms with Crippen LogP contribution in [0.15, 0.2) is 39.8 Å². The van der Waals surface area contributed by atoms with Gasteiger partial charge in [-0.25, -0.2) is 8.42 Å². The lowest BCUT2D eigenvalue weighted by atomic mass is 9.73. The molecule has 2 fully saturated rings. The van der Waals surface area contributed by atoms with E-state index in [0.29, 0.717) is 31.2 Å². The van der Waals surface area contributed by atoms with Crippen LogP contribution in [-0.4, -0.2) is 37.1 Å². The van der Waals surface area contributed by atoms with Crippen LogP contribution in [0.2, 0.25) is 0 Å². The Kier molecular flexibility index (Phi) is 5.82. The summed E-state index contributed by atoms with van der Waals surface area (Å²) in [5.41, 5.74) is 1.60. The second kappa shape index (κ2) is 8.20. The van der Waals surface area contributed by atoms with Crippen molar-refractivity contribution in [1.82, 2.24) is 9.46 Å². The fraction of sp³-hybridized carbons (Fsp3) is 0.591. The zero-order valence-electron chi connectivity index (χ0n) is 17.3. The molecule has 0 bridgehead atoms. The van der Waals surface area contributed by atoms with E-state index in [1.807, 2.05) is 30.3 Å². The topological polar surface area (TPSA) is 72.6 Å². The van der Waals surface area contributed by atoms with Gasteiger partial charge in [0.15, 0.2) is 5.76 Å². The Bertz CT molecular complexity index is 913. The Morgan fingerprint density at radius 2 is 1.90 bits per heavy atom. The molecule has 2 aliphatic rings. The summed E-state index contributed by atoms with van der Waals surface area (Å²) in [6.07, 6.45) is 6.65. The fourth-order valence-corrected chi connectivity index (χ4v) is 7.08. The summed E-state index contributed by atoms with van der Waals surface area (Å²) in [5.74, 6) is 0.357. The number of ether oxygens (including phenoxy) is 1. The molecule has 1 spiro atoms. The van der Waals surface area contributed by atoms with Crippen molar-refractivity contribution in [3.8, 4) is 0 Å². The van der Waals surface area contributed by atoms with Crippen molar-refractivity contribution in [1.29, 1.82) is 0 Å². The number of benzene rings is 1. The molecule has 1 saturated carbocycles. The molecule has 7 heteroatoms. The SMILES string of the molecule is Cc1noc(C)c1S(=O)(=O)N1CC2(CCCCC2)CC1COCc1ccccc1. The number of hydrogen-bond donors (Lipinski definition) is 0. The van der Waals surface area contributed by atoms with Crippen LogP contribution < -0.4 is 0 Å². The lowest BCUT2D eigenvalue weighted by Crippen LogP contribution is -2.39. The van der Waals surface area contributed by atoms with Crippen molar-refractivity contribution in [3.05, 3.63) is 47.3 Å². The largest absolute Gasteiger partial charge is 0.375 e. The molecule has 1 aliphatic carbocycles. The van der Waals surface area contributed by atoms with Crippen molar-refractivity contribution >= 4 is 10.0 Å².